The van der Waals surface area contributed by atoms with Crippen LogP contribution in [0.25, 0.3) is 0 Å². The second-order valence-electron chi connectivity index (χ2n) is 5.36. The van der Waals surface area contributed by atoms with Crippen LogP contribution in [0.4, 0.5) is 13.2 Å². The zero-order valence-electron chi connectivity index (χ0n) is 13.6. The van der Waals surface area contributed by atoms with Gasteiger partial charge in [0.25, 0.3) is 5.91 Å². The molecule has 0 bridgehead atoms. The van der Waals surface area contributed by atoms with Crippen LogP contribution < -0.4 is 0 Å². The van der Waals surface area contributed by atoms with E-state index in [9.17, 15) is 22.8 Å². The average Bonchev–Trinajstić information content (AvgIpc) is 2.61. The zero-order chi connectivity index (χ0) is 18.6. The maximum absolute atomic E-state index is 14.0. The standard InChI is InChI=1S/C18H16F3NO3/c1-11(18(24)25-2)22(10-12-6-4-3-5-7-12)17(23)13-8-15(20)16(21)9-14(13)19/h3-9,11H,10H2,1-2H3/t11-/m0/s1. The van der Waals surface area contributed by atoms with Crippen LogP contribution in [0.2, 0.25) is 0 Å². The monoisotopic (exact) mass is 351 g/mol. The molecule has 4 nitrogen and oxygen atoms in total. The largest absolute Gasteiger partial charge is 0.467 e. The van der Waals surface area contributed by atoms with Gasteiger partial charge in [-0.2, -0.15) is 0 Å². The van der Waals surface area contributed by atoms with E-state index in [0.29, 0.717) is 17.7 Å². The van der Waals surface area contributed by atoms with Gasteiger partial charge in [0.15, 0.2) is 11.6 Å². The number of halogens is 3. The first-order chi connectivity index (χ1) is 11.8. The van der Waals surface area contributed by atoms with Crippen molar-refractivity contribution in [2.45, 2.75) is 19.5 Å². The third kappa shape index (κ3) is 4.17. The van der Waals surface area contributed by atoms with Gasteiger partial charge in [-0.1, -0.05) is 30.3 Å². The summed E-state index contributed by atoms with van der Waals surface area (Å²) in [6, 6.07) is 8.40. The Kier molecular flexibility index (Phi) is 5.80. The molecule has 0 aliphatic rings. The van der Waals surface area contributed by atoms with Crippen molar-refractivity contribution in [2.24, 2.45) is 0 Å². The Hall–Kier alpha value is -2.83. The molecular weight excluding hydrogens is 335 g/mol. The molecule has 0 unspecified atom stereocenters. The summed E-state index contributed by atoms with van der Waals surface area (Å²) < 4.78 is 45.1. The third-order valence-corrected chi connectivity index (χ3v) is 3.71. The molecule has 0 spiro atoms. The second-order valence-corrected chi connectivity index (χ2v) is 5.36. The van der Waals surface area contributed by atoms with E-state index >= 15 is 0 Å². The number of hydrogen-bond acceptors (Lipinski definition) is 3. The fraction of sp³-hybridized carbons (Fsp3) is 0.222. The third-order valence-electron chi connectivity index (χ3n) is 3.71. The predicted octanol–water partition coefficient (Wildman–Crippen LogP) is 3.31. The van der Waals surface area contributed by atoms with Gasteiger partial charge >= 0.3 is 5.97 Å². The van der Waals surface area contributed by atoms with Gasteiger partial charge in [-0.3, -0.25) is 4.79 Å². The number of carbonyl (C=O) groups is 2. The first kappa shape index (κ1) is 18.5. The summed E-state index contributed by atoms with van der Waals surface area (Å²) in [5.74, 6) is -5.62. The molecule has 0 aliphatic heterocycles. The van der Waals surface area contributed by atoms with Crippen molar-refractivity contribution in [1.82, 2.24) is 4.90 Å². The van der Waals surface area contributed by atoms with E-state index in [1.807, 2.05) is 0 Å². The Bertz CT molecular complexity index is 781. The number of methoxy groups -OCH3 is 1. The molecule has 0 saturated carbocycles. The summed E-state index contributed by atoms with van der Waals surface area (Å²) in [6.07, 6.45) is 0. The van der Waals surface area contributed by atoms with Crippen LogP contribution in [-0.4, -0.2) is 29.9 Å². The lowest BCUT2D eigenvalue weighted by Crippen LogP contribution is -2.43. The van der Waals surface area contributed by atoms with Gasteiger partial charge < -0.3 is 9.64 Å². The van der Waals surface area contributed by atoms with E-state index in [1.54, 1.807) is 30.3 Å². The Balaban J connectivity index is 2.42. The molecule has 132 valence electrons. The molecule has 0 fully saturated rings. The highest BCUT2D eigenvalue weighted by Crippen LogP contribution is 2.19. The van der Waals surface area contributed by atoms with E-state index in [2.05, 4.69) is 4.74 Å². The number of nitrogens with zero attached hydrogens (tertiary/aromatic N) is 1. The van der Waals surface area contributed by atoms with Crippen LogP contribution >= 0.6 is 0 Å². The van der Waals surface area contributed by atoms with Gasteiger partial charge in [0.05, 0.1) is 12.7 Å². The van der Waals surface area contributed by atoms with Crippen LogP contribution in [0.5, 0.6) is 0 Å². The normalized spacial score (nSPS) is 11.7. The number of benzene rings is 2. The van der Waals surface area contributed by atoms with Gasteiger partial charge in [-0.15, -0.1) is 0 Å². The predicted molar refractivity (Wildman–Crippen MR) is 84.1 cm³/mol. The maximum atomic E-state index is 14.0. The minimum atomic E-state index is -1.40. The summed E-state index contributed by atoms with van der Waals surface area (Å²) >= 11 is 0. The minimum absolute atomic E-state index is 0.0334. The summed E-state index contributed by atoms with van der Waals surface area (Å²) in [5.41, 5.74) is 0.0141. The molecule has 0 heterocycles. The minimum Gasteiger partial charge on any atom is -0.467 e. The molecule has 1 atom stereocenters. The van der Waals surface area contributed by atoms with Crippen molar-refractivity contribution < 1.29 is 27.5 Å². The van der Waals surface area contributed by atoms with Gasteiger partial charge in [0.2, 0.25) is 0 Å². The van der Waals surface area contributed by atoms with E-state index in [-0.39, 0.29) is 6.54 Å². The van der Waals surface area contributed by atoms with E-state index < -0.39 is 40.9 Å². The van der Waals surface area contributed by atoms with E-state index in [1.165, 1.54) is 6.92 Å². The van der Waals surface area contributed by atoms with Crippen LogP contribution in [0.3, 0.4) is 0 Å². The highest BCUT2D eigenvalue weighted by molar-refractivity contribution is 5.97. The molecule has 0 N–H and O–H groups in total. The number of hydrogen-bond donors (Lipinski definition) is 0. The van der Waals surface area contributed by atoms with Crippen LogP contribution in [0.1, 0.15) is 22.8 Å². The topological polar surface area (TPSA) is 46.6 Å². The first-order valence-electron chi connectivity index (χ1n) is 7.42. The van der Waals surface area contributed by atoms with Crippen molar-refractivity contribution in [3.8, 4) is 0 Å². The average molecular weight is 351 g/mol. The number of rotatable bonds is 5. The van der Waals surface area contributed by atoms with Gasteiger partial charge in [0, 0.05) is 12.6 Å². The van der Waals surface area contributed by atoms with E-state index in [0.717, 1.165) is 12.0 Å². The Morgan fingerprint density at radius 2 is 1.64 bits per heavy atom. The smallest absolute Gasteiger partial charge is 0.328 e. The second kappa shape index (κ2) is 7.83. The highest BCUT2D eigenvalue weighted by Gasteiger charge is 2.30. The summed E-state index contributed by atoms with van der Waals surface area (Å²) in [6.45, 7) is 1.37. The Morgan fingerprint density at radius 3 is 2.24 bits per heavy atom. The molecule has 0 aromatic heterocycles. The molecule has 2 aromatic rings. The number of amides is 1. The SMILES string of the molecule is COC(=O)[C@H](C)N(Cc1ccccc1)C(=O)c1cc(F)c(F)cc1F. The molecular formula is C18H16F3NO3. The van der Waals surface area contributed by atoms with Crippen LogP contribution in [-0.2, 0) is 16.1 Å². The van der Waals surface area contributed by atoms with Gasteiger partial charge in [-0.05, 0) is 18.6 Å². The molecule has 1 amide bonds. The van der Waals surface area contributed by atoms with Crippen molar-refractivity contribution in [3.63, 3.8) is 0 Å². The first-order valence-corrected chi connectivity index (χ1v) is 7.42. The molecule has 25 heavy (non-hydrogen) atoms. The van der Waals surface area contributed by atoms with E-state index in [4.69, 9.17) is 0 Å². The highest BCUT2D eigenvalue weighted by atomic mass is 19.2. The lowest BCUT2D eigenvalue weighted by molar-refractivity contribution is -0.145. The number of esters is 1. The molecule has 2 rings (SSSR count). The fourth-order valence-electron chi connectivity index (χ4n) is 2.30. The molecule has 7 heteroatoms. The lowest BCUT2D eigenvalue weighted by Gasteiger charge is -2.28. The number of ether oxygens (including phenoxy) is 1. The van der Waals surface area contributed by atoms with Gasteiger partial charge in [-0.25, -0.2) is 18.0 Å². The van der Waals surface area contributed by atoms with Crippen molar-refractivity contribution in [3.05, 3.63) is 71.0 Å². The Labute approximate surface area is 142 Å². The molecule has 0 radical (unpaired) electrons. The summed E-state index contributed by atoms with van der Waals surface area (Å²) in [5, 5.41) is 0. The van der Waals surface area contributed by atoms with Crippen LogP contribution in [0, 0.1) is 17.5 Å². The van der Waals surface area contributed by atoms with Crippen molar-refractivity contribution in [2.75, 3.05) is 7.11 Å². The van der Waals surface area contributed by atoms with Crippen molar-refractivity contribution >= 4 is 11.9 Å². The van der Waals surface area contributed by atoms with Gasteiger partial charge in [0.1, 0.15) is 11.9 Å². The molecule has 0 saturated heterocycles. The quantitative estimate of drug-likeness (QED) is 0.613. The summed E-state index contributed by atoms with van der Waals surface area (Å²) in [7, 11) is 1.15. The Morgan fingerprint density at radius 1 is 1.04 bits per heavy atom. The zero-order valence-corrected chi connectivity index (χ0v) is 13.6. The number of carbonyl (C=O) groups excluding carboxylic acids is 2. The fourth-order valence-corrected chi connectivity index (χ4v) is 2.30. The lowest BCUT2D eigenvalue weighted by atomic mass is 10.1. The molecule has 2 aromatic carbocycles. The summed E-state index contributed by atoms with van der Waals surface area (Å²) in [4.78, 5) is 25.6. The van der Waals surface area contributed by atoms with Crippen LogP contribution in [0.15, 0.2) is 42.5 Å². The molecule has 0 aliphatic carbocycles. The van der Waals surface area contributed by atoms with Crippen molar-refractivity contribution in [1.29, 1.82) is 0 Å². The maximum Gasteiger partial charge on any atom is 0.328 e.